The molecule has 4 rings (SSSR count). The maximum absolute atomic E-state index is 6.24. The quantitative estimate of drug-likeness (QED) is 0.529. The van der Waals surface area contributed by atoms with E-state index in [1.807, 2.05) is 49.4 Å². The Morgan fingerprint density at radius 1 is 1.04 bits per heavy atom. The minimum atomic E-state index is 0.406. The van der Waals surface area contributed by atoms with Gasteiger partial charge in [0.05, 0.1) is 19.0 Å². The minimum Gasteiger partial charge on any atom is -0.493 e. The van der Waals surface area contributed by atoms with Gasteiger partial charge in [-0.3, -0.25) is 0 Å². The number of para-hydroxylation sites is 2. The molecule has 26 heavy (non-hydrogen) atoms. The van der Waals surface area contributed by atoms with E-state index in [0.29, 0.717) is 33.4 Å². The molecule has 0 N–H and O–H groups in total. The second-order valence-corrected chi connectivity index (χ2v) is 6.07. The number of rotatable bonds is 4. The lowest BCUT2D eigenvalue weighted by molar-refractivity contribution is 0.375. The monoisotopic (exact) mass is 366 g/mol. The fraction of sp³-hybridized carbons (Fsp3) is 0.105. The summed E-state index contributed by atoms with van der Waals surface area (Å²) in [6, 6.07) is 13.1. The molecule has 0 amide bonds. The van der Waals surface area contributed by atoms with Gasteiger partial charge in [-0.05, 0) is 36.8 Å². The molecule has 6 nitrogen and oxygen atoms in total. The Bertz CT molecular complexity index is 1090. The van der Waals surface area contributed by atoms with E-state index in [1.54, 1.807) is 18.0 Å². The molecule has 4 aromatic rings. The molecular weight excluding hydrogens is 352 g/mol. The zero-order chi connectivity index (χ0) is 18.1. The fourth-order valence-electron chi connectivity index (χ4n) is 2.61. The van der Waals surface area contributed by atoms with Crippen LogP contribution in [0.4, 0.5) is 0 Å². The van der Waals surface area contributed by atoms with E-state index in [2.05, 4.69) is 15.1 Å². The van der Waals surface area contributed by atoms with Crippen molar-refractivity contribution in [3.05, 3.63) is 65.6 Å². The molecule has 0 spiro atoms. The van der Waals surface area contributed by atoms with Crippen molar-refractivity contribution >= 4 is 22.6 Å². The number of hydrogen-bond acceptors (Lipinski definition) is 5. The molecule has 2 heterocycles. The summed E-state index contributed by atoms with van der Waals surface area (Å²) in [5.41, 5.74) is 2.45. The molecule has 0 radical (unpaired) electrons. The molecule has 7 heteroatoms. The summed E-state index contributed by atoms with van der Waals surface area (Å²) < 4.78 is 13.0. The van der Waals surface area contributed by atoms with Gasteiger partial charge < -0.3 is 9.47 Å². The predicted octanol–water partition coefficient (Wildman–Crippen LogP) is 4.58. The van der Waals surface area contributed by atoms with Crippen LogP contribution in [0.1, 0.15) is 5.56 Å². The van der Waals surface area contributed by atoms with E-state index in [0.717, 1.165) is 11.3 Å². The highest BCUT2D eigenvalue weighted by atomic mass is 35.5. The summed E-state index contributed by atoms with van der Waals surface area (Å²) in [6.07, 6.45) is 3.12. The third-order valence-electron chi connectivity index (χ3n) is 4.00. The molecule has 0 aliphatic heterocycles. The van der Waals surface area contributed by atoms with Crippen LogP contribution >= 0.6 is 11.6 Å². The van der Waals surface area contributed by atoms with Gasteiger partial charge in [0.15, 0.2) is 17.1 Å². The number of fused-ring (bicyclic) bond motifs is 1. The van der Waals surface area contributed by atoms with Gasteiger partial charge in [0.2, 0.25) is 5.88 Å². The van der Waals surface area contributed by atoms with E-state index in [4.69, 9.17) is 21.1 Å². The zero-order valence-corrected chi connectivity index (χ0v) is 14.9. The first-order valence-corrected chi connectivity index (χ1v) is 8.31. The number of benzene rings is 2. The molecule has 0 saturated heterocycles. The Morgan fingerprint density at radius 2 is 1.85 bits per heavy atom. The van der Waals surface area contributed by atoms with Crippen molar-refractivity contribution < 1.29 is 9.47 Å². The fourth-order valence-corrected chi connectivity index (χ4v) is 2.79. The number of aryl methyl sites for hydroxylation is 1. The van der Waals surface area contributed by atoms with E-state index < -0.39 is 0 Å². The maximum atomic E-state index is 6.24. The van der Waals surface area contributed by atoms with Crippen LogP contribution in [0.25, 0.3) is 16.7 Å². The summed E-state index contributed by atoms with van der Waals surface area (Å²) in [7, 11) is 1.59. The van der Waals surface area contributed by atoms with Crippen LogP contribution in [0.2, 0.25) is 5.02 Å². The zero-order valence-electron chi connectivity index (χ0n) is 14.2. The SMILES string of the molecule is COc1ccccc1Oc1ncnc2c1cnn2-c1ccc(C)c(Cl)c1. The molecule has 0 aliphatic carbocycles. The first-order chi connectivity index (χ1) is 12.7. The molecule has 2 aromatic heterocycles. The van der Waals surface area contributed by atoms with Crippen LogP contribution in [0.15, 0.2) is 55.0 Å². The molecule has 2 aromatic carbocycles. The summed E-state index contributed by atoms with van der Waals surface area (Å²) in [5.74, 6) is 1.60. The lowest BCUT2D eigenvalue weighted by atomic mass is 10.2. The highest BCUT2D eigenvalue weighted by Crippen LogP contribution is 2.33. The Morgan fingerprint density at radius 3 is 2.62 bits per heavy atom. The molecule has 0 aliphatic rings. The highest BCUT2D eigenvalue weighted by Gasteiger charge is 2.14. The molecule has 0 bridgehead atoms. The van der Waals surface area contributed by atoms with Crippen molar-refractivity contribution in [1.82, 2.24) is 19.7 Å². The third-order valence-corrected chi connectivity index (χ3v) is 4.41. The van der Waals surface area contributed by atoms with E-state index >= 15 is 0 Å². The van der Waals surface area contributed by atoms with Gasteiger partial charge in [-0.25, -0.2) is 14.6 Å². The number of halogens is 1. The molecule has 0 fully saturated rings. The van der Waals surface area contributed by atoms with Crippen LogP contribution in [0.5, 0.6) is 17.4 Å². The normalized spacial score (nSPS) is 10.9. The predicted molar refractivity (Wildman–Crippen MR) is 99.5 cm³/mol. The molecular formula is C19H15ClN4O2. The van der Waals surface area contributed by atoms with Gasteiger partial charge in [-0.2, -0.15) is 5.10 Å². The average Bonchev–Trinajstić information content (AvgIpc) is 3.10. The second-order valence-electron chi connectivity index (χ2n) is 5.66. The number of nitrogens with zero attached hydrogens (tertiary/aromatic N) is 4. The van der Waals surface area contributed by atoms with Crippen LogP contribution in [0, 0.1) is 6.92 Å². The molecule has 0 unspecified atom stereocenters. The van der Waals surface area contributed by atoms with Crippen LogP contribution in [0.3, 0.4) is 0 Å². The average molecular weight is 367 g/mol. The maximum Gasteiger partial charge on any atom is 0.233 e. The Kier molecular flexibility index (Phi) is 4.18. The first-order valence-electron chi connectivity index (χ1n) is 7.93. The van der Waals surface area contributed by atoms with Crippen molar-refractivity contribution in [1.29, 1.82) is 0 Å². The number of ether oxygens (including phenoxy) is 2. The Labute approximate surface area is 155 Å². The topological polar surface area (TPSA) is 62.1 Å². The lowest BCUT2D eigenvalue weighted by Crippen LogP contribution is -1.99. The van der Waals surface area contributed by atoms with E-state index in [-0.39, 0.29) is 0 Å². The van der Waals surface area contributed by atoms with Crippen molar-refractivity contribution in [2.24, 2.45) is 0 Å². The van der Waals surface area contributed by atoms with Gasteiger partial charge in [-0.1, -0.05) is 29.8 Å². The molecule has 0 saturated carbocycles. The minimum absolute atomic E-state index is 0.406. The van der Waals surface area contributed by atoms with Crippen molar-refractivity contribution in [3.63, 3.8) is 0 Å². The van der Waals surface area contributed by atoms with Crippen molar-refractivity contribution in [2.45, 2.75) is 6.92 Å². The third kappa shape index (κ3) is 2.84. The van der Waals surface area contributed by atoms with Crippen molar-refractivity contribution in [3.8, 4) is 23.1 Å². The van der Waals surface area contributed by atoms with Crippen LogP contribution in [-0.4, -0.2) is 26.9 Å². The van der Waals surface area contributed by atoms with E-state index in [9.17, 15) is 0 Å². The Balaban J connectivity index is 1.79. The highest BCUT2D eigenvalue weighted by molar-refractivity contribution is 6.31. The summed E-state index contributed by atoms with van der Waals surface area (Å²) in [5, 5.41) is 5.79. The lowest BCUT2D eigenvalue weighted by Gasteiger charge is -2.09. The van der Waals surface area contributed by atoms with E-state index in [1.165, 1.54) is 6.33 Å². The smallest absolute Gasteiger partial charge is 0.233 e. The molecule has 130 valence electrons. The summed E-state index contributed by atoms with van der Waals surface area (Å²) in [4.78, 5) is 8.60. The van der Waals surface area contributed by atoms with Gasteiger partial charge in [-0.15, -0.1) is 0 Å². The largest absolute Gasteiger partial charge is 0.493 e. The molecule has 0 atom stereocenters. The van der Waals surface area contributed by atoms with Gasteiger partial charge in [0.1, 0.15) is 11.7 Å². The summed E-state index contributed by atoms with van der Waals surface area (Å²) >= 11 is 6.24. The van der Waals surface area contributed by atoms with Crippen molar-refractivity contribution in [2.75, 3.05) is 7.11 Å². The van der Waals surface area contributed by atoms with Gasteiger partial charge in [0, 0.05) is 5.02 Å². The van der Waals surface area contributed by atoms with Gasteiger partial charge >= 0.3 is 0 Å². The first kappa shape index (κ1) is 16.4. The van der Waals surface area contributed by atoms with Crippen LogP contribution < -0.4 is 9.47 Å². The second kappa shape index (κ2) is 6.65. The number of aromatic nitrogens is 4. The number of methoxy groups -OCH3 is 1. The summed E-state index contributed by atoms with van der Waals surface area (Å²) in [6.45, 7) is 1.95. The standard InChI is InChI=1S/C19H15ClN4O2/c1-12-7-8-13(9-15(12)20)24-18-14(10-23-24)19(22-11-21-18)26-17-6-4-3-5-16(17)25-2/h3-11H,1-2H3. The Hall–Kier alpha value is -3.12. The van der Waals surface area contributed by atoms with Crippen LogP contribution in [-0.2, 0) is 0 Å². The van der Waals surface area contributed by atoms with Gasteiger partial charge in [0.25, 0.3) is 0 Å². The number of hydrogen-bond donors (Lipinski definition) is 0.